The second-order valence-electron chi connectivity index (χ2n) is 6.28. The monoisotopic (exact) mass is 413 g/mol. The molecule has 0 aliphatic heterocycles. The third-order valence-corrected chi connectivity index (χ3v) is 4.24. The highest BCUT2D eigenvalue weighted by atomic mass is 35.5. The Hall–Kier alpha value is -1.46. The Kier molecular flexibility index (Phi) is 11.2. The minimum absolute atomic E-state index is 0. The summed E-state index contributed by atoms with van der Waals surface area (Å²) in [7, 11) is 1.65. The number of halogens is 2. The van der Waals surface area contributed by atoms with Gasteiger partial charge in [0.1, 0.15) is 6.61 Å². The highest BCUT2D eigenvalue weighted by Gasteiger charge is 2.11. The van der Waals surface area contributed by atoms with Crippen LogP contribution in [-0.2, 0) is 17.9 Å². The van der Waals surface area contributed by atoms with Crippen molar-refractivity contribution in [1.82, 2.24) is 5.32 Å². The normalized spacial score (nSPS) is 10.6. The number of benzene rings is 2. The van der Waals surface area contributed by atoms with Crippen molar-refractivity contribution in [2.24, 2.45) is 0 Å². The molecule has 0 radical (unpaired) electrons. The number of rotatable bonds is 11. The first-order valence-electron chi connectivity index (χ1n) is 8.96. The summed E-state index contributed by atoms with van der Waals surface area (Å²) in [6.45, 7) is 6.84. The second-order valence-corrected chi connectivity index (χ2v) is 6.69. The molecule has 1 N–H and O–H groups in total. The van der Waals surface area contributed by atoms with Crippen LogP contribution >= 0.6 is 24.0 Å². The van der Waals surface area contributed by atoms with E-state index < -0.39 is 0 Å². The van der Waals surface area contributed by atoms with Gasteiger partial charge >= 0.3 is 0 Å². The summed E-state index contributed by atoms with van der Waals surface area (Å²) in [6, 6.07) is 13.6. The predicted octanol–water partition coefficient (Wildman–Crippen LogP) is 5.25. The zero-order valence-corrected chi connectivity index (χ0v) is 17.7. The molecule has 0 spiro atoms. The zero-order valence-electron chi connectivity index (χ0n) is 16.2. The van der Waals surface area contributed by atoms with Crippen LogP contribution in [0.4, 0.5) is 0 Å². The van der Waals surface area contributed by atoms with Gasteiger partial charge in [-0.15, -0.1) is 12.4 Å². The van der Waals surface area contributed by atoms with Crippen LogP contribution < -0.4 is 14.8 Å². The molecular formula is C21H29Cl2NO3. The van der Waals surface area contributed by atoms with Gasteiger partial charge in [-0.3, -0.25) is 0 Å². The van der Waals surface area contributed by atoms with Gasteiger partial charge in [0.05, 0.1) is 13.2 Å². The van der Waals surface area contributed by atoms with E-state index in [1.165, 1.54) is 0 Å². The molecule has 0 aliphatic rings. The molecule has 0 atom stereocenters. The molecule has 27 heavy (non-hydrogen) atoms. The quantitative estimate of drug-likeness (QED) is 0.510. The van der Waals surface area contributed by atoms with Crippen LogP contribution in [0, 0.1) is 0 Å². The number of ether oxygens (including phenoxy) is 3. The van der Waals surface area contributed by atoms with Crippen LogP contribution in [-0.4, -0.2) is 26.4 Å². The highest BCUT2D eigenvalue weighted by molar-refractivity contribution is 6.31. The summed E-state index contributed by atoms with van der Waals surface area (Å²) in [5.74, 6) is 1.47. The summed E-state index contributed by atoms with van der Waals surface area (Å²) in [5.41, 5.74) is 2.01. The zero-order chi connectivity index (χ0) is 18.8. The van der Waals surface area contributed by atoms with Gasteiger partial charge in [-0.05, 0) is 38.9 Å². The SMILES string of the molecule is COc1cccc(CNCCCOC(C)C)c1OCc1ccccc1Cl.Cl. The molecule has 0 saturated carbocycles. The molecule has 6 heteroatoms. The third-order valence-electron chi connectivity index (χ3n) is 3.87. The predicted molar refractivity (Wildman–Crippen MR) is 113 cm³/mol. The summed E-state index contributed by atoms with van der Waals surface area (Å²) in [5, 5.41) is 4.14. The Bertz CT molecular complexity index is 680. The van der Waals surface area contributed by atoms with E-state index >= 15 is 0 Å². The fourth-order valence-corrected chi connectivity index (χ4v) is 2.72. The van der Waals surface area contributed by atoms with E-state index in [1.807, 2.05) is 56.3 Å². The average Bonchev–Trinajstić information content (AvgIpc) is 2.64. The van der Waals surface area contributed by atoms with Crippen LogP contribution in [0.1, 0.15) is 31.4 Å². The van der Waals surface area contributed by atoms with Gasteiger partial charge in [-0.1, -0.05) is 41.9 Å². The largest absolute Gasteiger partial charge is 0.493 e. The Morgan fingerprint density at radius 2 is 1.78 bits per heavy atom. The first kappa shape index (κ1) is 23.6. The summed E-state index contributed by atoms with van der Waals surface area (Å²) in [6.07, 6.45) is 1.25. The molecule has 0 aliphatic carbocycles. The molecular weight excluding hydrogens is 385 g/mol. The molecule has 0 heterocycles. The van der Waals surface area contributed by atoms with Crippen molar-refractivity contribution in [3.63, 3.8) is 0 Å². The highest BCUT2D eigenvalue weighted by Crippen LogP contribution is 2.32. The van der Waals surface area contributed by atoms with Gasteiger partial charge < -0.3 is 19.5 Å². The maximum absolute atomic E-state index is 6.22. The van der Waals surface area contributed by atoms with E-state index in [-0.39, 0.29) is 18.5 Å². The van der Waals surface area contributed by atoms with E-state index in [9.17, 15) is 0 Å². The van der Waals surface area contributed by atoms with Gasteiger partial charge in [0.15, 0.2) is 11.5 Å². The lowest BCUT2D eigenvalue weighted by atomic mass is 10.1. The number of hydrogen-bond donors (Lipinski definition) is 1. The van der Waals surface area contributed by atoms with Gasteiger partial charge in [0.2, 0.25) is 0 Å². The van der Waals surface area contributed by atoms with Crippen molar-refractivity contribution in [2.75, 3.05) is 20.3 Å². The molecule has 2 aromatic carbocycles. The Labute approximate surface area is 173 Å². The minimum atomic E-state index is 0. The van der Waals surface area contributed by atoms with Crippen LogP contribution in [0.3, 0.4) is 0 Å². The number of nitrogens with one attached hydrogen (secondary N) is 1. The Morgan fingerprint density at radius 3 is 2.48 bits per heavy atom. The second kappa shape index (κ2) is 12.8. The average molecular weight is 414 g/mol. The molecule has 2 rings (SSSR count). The lowest BCUT2D eigenvalue weighted by molar-refractivity contribution is 0.0770. The molecule has 0 aromatic heterocycles. The molecule has 0 saturated heterocycles. The van der Waals surface area contributed by atoms with Gasteiger partial charge in [0.25, 0.3) is 0 Å². The summed E-state index contributed by atoms with van der Waals surface area (Å²) >= 11 is 6.22. The maximum Gasteiger partial charge on any atom is 0.166 e. The van der Waals surface area contributed by atoms with Gasteiger partial charge in [-0.25, -0.2) is 0 Å². The van der Waals surface area contributed by atoms with Crippen LogP contribution in [0.15, 0.2) is 42.5 Å². The first-order chi connectivity index (χ1) is 12.6. The van der Waals surface area contributed by atoms with Crippen molar-refractivity contribution >= 4 is 24.0 Å². The molecule has 4 nitrogen and oxygen atoms in total. The van der Waals surface area contributed by atoms with Crippen LogP contribution in [0.2, 0.25) is 5.02 Å². The molecule has 0 amide bonds. The number of para-hydroxylation sites is 1. The molecule has 0 bridgehead atoms. The lowest BCUT2D eigenvalue weighted by Crippen LogP contribution is -2.18. The van der Waals surface area contributed by atoms with Crippen molar-refractivity contribution in [3.05, 3.63) is 58.6 Å². The first-order valence-corrected chi connectivity index (χ1v) is 9.34. The van der Waals surface area contributed by atoms with E-state index in [4.69, 9.17) is 25.8 Å². The third kappa shape index (κ3) is 7.97. The topological polar surface area (TPSA) is 39.7 Å². The van der Waals surface area contributed by atoms with Crippen molar-refractivity contribution in [1.29, 1.82) is 0 Å². The van der Waals surface area contributed by atoms with Gasteiger partial charge in [0, 0.05) is 29.3 Å². The minimum Gasteiger partial charge on any atom is -0.493 e. The fourth-order valence-electron chi connectivity index (χ4n) is 2.53. The van der Waals surface area contributed by atoms with Crippen LogP contribution in [0.25, 0.3) is 0 Å². The summed E-state index contributed by atoms with van der Waals surface area (Å²) in [4.78, 5) is 0. The van der Waals surface area contributed by atoms with E-state index in [0.29, 0.717) is 18.2 Å². The standard InChI is InChI=1S/C21H28ClNO3.ClH/c1-16(2)25-13-7-12-23-14-17-9-6-11-20(24-3)21(17)26-15-18-8-4-5-10-19(18)22;/h4-6,8-11,16,23H,7,12-15H2,1-3H3;1H. The molecule has 2 aromatic rings. The van der Waals surface area contributed by atoms with Crippen LogP contribution in [0.5, 0.6) is 11.5 Å². The van der Waals surface area contributed by atoms with Crippen molar-refractivity contribution in [3.8, 4) is 11.5 Å². The van der Waals surface area contributed by atoms with Crippen molar-refractivity contribution in [2.45, 2.75) is 39.5 Å². The summed E-state index contributed by atoms with van der Waals surface area (Å²) < 4.78 is 17.1. The lowest BCUT2D eigenvalue weighted by Gasteiger charge is -2.16. The molecule has 0 unspecified atom stereocenters. The maximum atomic E-state index is 6.22. The van der Waals surface area contributed by atoms with E-state index in [0.717, 1.165) is 42.2 Å². The van der Waals surface area contributed by atoms with E-state index in [2.05, 4.69) is 5.32 Å². The Morgan fingerprint density at radius 1 is 1.04 bits per heavy atom. The molecule has 0 fully saturated rings. The van der Waals surface area contributed by atoms with E-state index in [1.54, 1.807) is 7.11 Å². The number of hydrogen-bond acceptors (Lipinski definition) is 4. The fraction of sp³-hybridized carbons (Fsp3) is 0.429. The Balaban J connectivity index is 0.00000364. The van der Waals surface area contributed by atoms with Crippen molar-refractivity contribution < 1.29 is 14.2 Å². The molecule has 150 valence electrons. The number of methoxy groups -OCH3 is 1. The van der Waals surface area contributed by atoms with Gasteiger partial charge in [-0.2, -0.15) is 0 Å². The smallest absolute Gasteiger partial charge is 0.166 e.